The smallest absolute Gasteiger partial charge is 0.182 e. The molecular formula is C15H16FNO3S. The summed E-state index contributed by atoms with van der Waals surface area (Å²) in [4.78, 5) is 0.129. The fourth-order valence-electron chi connectivity index (χ4n) is 1.90. The zero-order valence-corrected chi connectivity index (χ0v) is 12.6. The van der Waals surface area contributed by atoms with E-state index in [0.29, 0.717) is 17.0 Å². The molecule has 0 aliphatic rings. The first kappa shape index (κ1) is 15.3. The monoisotopic (exact) mass is 309 g/mol. The third-order valence-corrected chi connectivity index (χ3v) is 4.87. The number of hydrogen-bond donors (Lipinski definition) is 1. The number of anilines is 1. The highest BCUT2D eigenvalue weighted by Crippen LogP contribution is 2.23. The number of rotatable bonds is 4. The summed E-state index contributed by atoms with van der Waals surface area (Å²) in [5.41, 5.74) is 6.96. The second kappa shape index (κ2) is 5.73. The molecule has 0 aromatic heterocycles. The maximum atomic E-state index is 13.9. The summed E-state index contributed by atoms with van der Waals surface area (Å²) in [5, 5.41) is 0. The number of nitrogens with two attached hydrogens (primary N) is 1. The van der Waals surface area contributed by atoms with E-state index in [9.17, 15) is 12.8 Å². The van der Waals surface area contributed by atoms with Crippen LogP contribution in [0, 0.1) is 12.7 Å². The highest BCUT2D eigenvalue weighted by Gasteiger charge is 2.18. The van der Waals surface area contributed by atoms with Crippen LogP contribution in [0.15, 0.2) is 41.3 Å². The van der Waals surface area contributed by atoms with Crippen LogP contribution in [0.25, 0.3) is 0 Å². The van der Waals surface area contributed by atoms with Gasteiger partial charge in [-0.25, -0.2) is 12.8 Å². The Labute approximate surface area is 123 Å². The van der Waals surface area contributed by atoms with Crippen LogP contribution in [0.2, 0.25) is 0 Å². The Bertz CT molecular complexity index is 772. The van der Waals surface area contributed by atoms with Crippen molar-refractivity contribution in [2.75, 3.05) is 12.8 Å². The van der Waals surface area contributed by atoms with E-state index in [2.05, 4.69) is 0 Å². The molecule has 2 N–H and O–H groups in total. The van der Waals surface area contributed by atoms with Gasteiger partial charge in [0.2, 0.25) is 0 Å². The van der Waals surface area contributed by atoms with Crippen molar-refractivity contribution in [2.24, 2.45) is 0 Å². The van der Waals surface area contributed by atoms with E-state index in [4.69, 9.17) is 10.5 Å². The molecular weight excluding hydrogens is 293 g/mol. The summed E-state index contributed by atoms with van der Waals surface area (Å²) in [7, 11) is -2.21. The molecule has 0 saturated heterocycles. The molecule has 2 aromatic carbocycles. The van der Waals surface area contributed by atoms with Crippen LogP contribution in [0.4, 0.5) is 10.1 Å². The second-order valence-corrected chi connectivity index (χ2v) is 6.72. The number of halogens is 1. The lowest BCUT2D eigenvalue weighted by molar-refractivity contribution is 0.411. The standard InChI is InChI=1S/C15H16FNO3S/c1-10-7-13(5-6-15(10)17)21(18,19)9-11-3-4-12(20-2)8-14(11)16/h3-8H,9,17H2,1-2H3. The van der Waals surface area contributed by atoms with Crippen molar-refractivity contribution in [2.45, 2.75) is 17.6 Å². The number of nitrogen functional groups attached to an aromatic ring is 1. The lowest BCUT2D eigenvalue weighted by atomic mass is 10.2. The largest absolute Gasteiger partial charge is 0.497 e. The first-order chi connectivity index (χ1) is 9.83. The molecule has 2 aromatic rings. The van der Waals surface area contributed by atoms with Gasteiger partial charge in [0.25, 0.3) is 0 Å². The van der Waals surface area contributed by atoms with Gasteiger partial charge in [-0.1, -0.05) is 6.07 Å². The van der Waals surface area contributed by atoms with E-state index in [1.54, 1.807) is 6.92 Å². The summed E-state index contributed by atoms with van der Waals surface area (Å²) in [6.07, 6.45) is 0. The van der Waals surface area contributed by atoms with Crippen molar-refractivity contribution in [1.82, 2.24) is 0 Å². The molecule has 0 fully saturated rings. The van der Waals surface area contributed by atoms with Gasteiger partial charge in [0.05, 0.1) is 17.8 Å². The van der Waals surface area contributed by atoms with Gasteiger partial charge < -0.3 is 10.5 Å². The molecule has 0 unspecified atom stereocenters. The molecule has 0 spiro atoms. The normalized spacial score (nSPS) is 11.4. The topological polar surface area (TPSA) is 69.4 Å². The molecule has 21 heavy (non-hydrogen) atoms. The predicted octanol–water partition coefficient (Wildman–Crippen LogP) is 2.70. The van der Waals surface area contributed by atoms with Crippen LogP contribution in [0.1, 0.15) is 11.1 Å². The van der Waals surface area contributed by atoms with Gasteiger partial charge in [-0.15, -0.1) is 0 Å². The average molecular weight is 309 g/mol. The molecule has 0 saturated carbocycles. The van der Waals surface area contributed by atoms with Crippen LogP contribution in [0.3, 0.4) is 0 Å². The van der Waals surface area contributed by atoms with Gasteiger partial charge in [-0.3, -0.25) is 0 Å². The molecule has 0 atom stereocenters. The number of ether oxygens (including phenoxy) is 1. The zero-order chi connectivity index (χ0) is 15.6. The molecule has 0 amide bonds. The summed E-state index contributed by atoms with van der Waals surface area (Å²) in [6.45, 7) is 1.72. The van der Waals surface area contributed by atoms with E-state index in [-0.39, 0.29) is 10.5 Å². The maximum Gasteiger partial charge on any atom is 0.182 e. The summed E-state index contributed by atoms with van der Waals surface area (Å²) < 4.78 is 43.4. The number of benzene rings is 2. The van der Waals surface area contributed by atoms with Crippen molar-refractivity contribution in [3.05, 3.63) is 53.3 Å². The van der Waals surface area contributed by atoms with Gasteiger partial charge in [-0.2, -0.15) is 0 Å². The van der Waals surface area contributed by atoms with Gasteiger partial charge in [0.15, 0.2) is 9.84 Å². The molecule has 2 rings (SSSR count). The summed E-state index contributed by atoms with van der Waals surface area (Å²) in [5.74, 6) is -0.673. The highest BCUT2D eigenvalue weighted by molar-refractivity contribution is 7.90. The number of sulfone groups is 1. The maximum absolute atomic E-state index is 13.9. The van der Waals surface area contributed by atoms with Gasteiger partial charge in [-0.05, 0) is 36.8 Å². The Hall–Kier alpha value is -2.08. The van der Waals surface area contributed by atoms with E-state index in [1.807, 2.05) is 0 Å². The lowest BCUT2D eigenvalue weighted by Crippen LogP contribution is -2.07. The molecule has 112 valence electrons. The van der Waals surface area contributed by atoms with Gasteiger partial charge >= 0.3 is 0 Å². The predicted molar refractivity (Wildman–Crippen MR) is 79.4 cm³/mol. The number of aryl methyl sites for hydroxylation is 1. The number of hydrogen-bond acceptors (Lipinski definition) is 4. The van der Waals surface area contributed by atoms with Crippen LogP contribution in [0.5, 0.6) is 5.75 Å². The molecule has 0 heterocycles. The Kier molecular flexibility index (Phi) is 4.18. The van der Waals surface area contributed by atoms with E-state index < -0.39 is 21.4 Å². The van der Waals surface area contributed by atoms with Crippen LogP contribution >= 0.6 is 0 Å². The molecule has 0 bridgehead atoms. The first-order valence-electron chi connectivity index (χ1n) is 6.25. The van der Waals surface area contributed by atoms with Crippen LogP contribution < -0.4 is 10.5 Å². The third-order valence-electron chi connectivity index (χ3n) is 3.21. The first-order valence-corrected chi connectivity index (χ1v) is 7.90. The Morgan fingerprint density at radius 1 is 1.19 bits per heavy atom. The van der Waals surface area contributed by atoms with Crippen LogP contribution in [-0.2, 0) is 15.6 Å². The minimum atomic E-state index is -3.63. The summed E-state index contributed by atoms with van der Waals surface area (Å²) in [6, 6.07) is 8.56. The quantitative estimate of drug-likeness (QED) is 0.882. The zero-order valence-electron chi connectivity index (χ0n) is 11.8. The SMILES string of the molecule is COc1ccc(CS(=O)(=O)c2ccc(N)c(C)c2)c(F)c1. The van der Waals surface area contributed by atoms with Crippen molar-refractivity contribution >= 4 is 15.5 Å². The average Bonchev–Trinajstić information content (AvgIpc) is 2.43. The molecule has 0 radical (unpaired) electrons. The van der Waals surface area contributed by atoms with Gasteiger partial charge in [0, 0.05) is 17.3 Å². The fraction of sp³-hybridized carbons (Fsp3) is 0.200. The minimum absolute atomic E-state index is 0.102. The van der Waals surface area contributed by atoms with Gasteiger partial charge in [0.1, 0.15) is 11.6 Å². The summed E-state index contributed by atoms with van der Waals surface area (Å²) >= 11 is 0. The highest BCUT2D eigenvalue weighted by atomic mass is 32.2. The second-order valence-electron chi connectivity index (χ2n) is 4.73. The fourth-order valence-corrected chi connectivity index (χ4v) is 3.34. The van der Waals surface area contributed by atoms with Crippen LogP contribution in [-0.4, -0.2) is 15.5 Å². The molecule has 0 aliphatic heterocycles. The van der Waals surface area contributed by atoms with E-state index in [1.165, 1.54) is 43.5 Å². The van der Waals surface area contributed by atoms with Crippen molar-refractivity contribution < 1.29 is 17.5 Å². The van der Waals surface area contributed by atoms with Crippen molar-refractivity contribution in [1.29, 1.82) is 0 Å². The minimum Gasteiger partial charge on any atom is -0.497 e. The Morgan fingerprint density at radius 2 is 1.90 bits per heavy atom. The lowest BCUT2D eigenvalue weighted by Gasteiger charge is -2.09. The molecule has 0 aliphatic carbocycles. The Balaban J connectivity index is 2.35. The van der Waals surface area contributed by atoms with Crippen molar-refractivity contribution in [3.8, 4) is 5.75 Å². The number of methoxy groups -OCH3 is 1. The van der Waals surface area contributed by atoms with E-state index >= 15 is 0 Å². The van der Waals surface area contributed by atoms with Crippen molar-refractivity contribution in [3.63, 3.8) is 0 Å². The van der Waals surface area contributed by atoms with E-state index in [0.717, 1.165) is 0 Å². The third kappa shape index (κ3) is 3.33. The molecule has 4 nitrogen and oxygen atoms in total. The Morgan fingerprint density at radius 3 is 2.48 bits per heavy atom. The molecule has 6 heteroatoms.